The first kappa shape index (κ1) is 8.37. The van der Waals surface area contributed by atoms with Gasteiger partial charge in [-0.05, 0) is 29.3 Å². The predicted octanol–water partition coefficient (Wildman–Crippen LogP) is 2.41. The molecule has 0 aliphatic carbocycles. The predicted molar refractivity (Wildman–Crippen MR) is 49.4 cm³/mol. The van der Waals surface area contributed by atoms with Crippen molar-refractivity contribution in [2.24, 2.45) is 0 Å². The molecule has 0 spiro atoms. The minimum absolute atomic E-state index is 0.444. The van der Waals surface area contributed by atoms with Crippen LogP contribution in [-0.4, -0.2) is 10.6 Å². The molecule has 0 heterocycles. The molecule has 0 bridgehead atoms. The maximum Gasteiger partial charge on any atom is 0.252 e. The SMILES string of the molecule is O=C(Cl)c1ccc(C=S)cc1. The molecule has 0 fully saturated rings. The lowest BCUT2D eigenvalue weighted by atomic mass is 10.2. The van der Waals surface area contributed by atoms with Crippen molar-refractivity contribution in [2.45, 2.75) is 0 Å². The van der Waals surface area contributed by atoms with Crippen molar-refractivity contribution in [3.63, 3.8) is 0 Å². The molecule has 11 heavy (non-hydrogen) atoms. The summed E-state index contributed by atoms with van der Waals surface area (Å²) < 4.78 is 0. The Morgan fingerprint density at radius 3 is 2.27 bits per heavy atom. The first-order valence-corrected chi connectivity index (χ1v) is 3.84. The Bertz CT molecular complexity index is 279. The standard InChI is InChI=1S/C8H5ClOS/c9-8(10)7-3-1-6(5-11)2-4-7/h1-5H. The van der Waals surface area contributed by atoms with Gasteiger partial charge in [0.05, 0.1) is 0 Å². The Kier molecular flexibility index (Phi) is 2.74. The normalized spacial score (nSPS) is 9.18. The van der Waals surface area contributed by atoms with Gasteiger partial charge in [-0.1, -0.05) is 24.4 Å². The molecule has 1 nitrogen and oxygen atoms in total. The van der Waals surface area contributed by atoms with E-state index in [1.807, 2.05) is 0 Å². The Morgan fingerprint density at radius 2 is 1.91 bits per heavy atom. The van der Waals surface area contributed by atoms with E-state index in [2.05, 4.69) is 12.2 Å². The summed E-state index contributed by atoms with van der Waals surface area (Å²) in [4.78, 5) is 10.6. The highest BCUT2D eigenvalue weighted by atomic mass is 35.5. The largest absolute Gasteiger partial charge is 0.276 e. The van der Waals surface area contributed by atoms with Crippen LogP contribution in [0.25, 0.3) is 0 Å². The smallest absolute Gasteiger partial charge is 0.252 e. The van der Waals surface area contributed by atoms with Crippen LogP contribution in [0.3, 0.4) is 0 Å². The number of thiocarbonyl (C=S) groups is 1. The summed E-state index contributed by atoms with van der Waals surface area (Å²) in [6, 6.07) is 6.80. The topological polar surface area (TPSA) is 17.1 Å². The number of hydrogen-bond acceptors (Lipinski definition) is 2. The Morgan fingerprint density at radius 1 is 1.36 bits per heavy atom. The fraction of sp³-hybridized carbons (Fsp3) is 0. The maximum atomic E-state index is 10.6. The zero-order valence-electron chi connectivity index (χ0n) is 5.58. The third-order valence-electron chi connectivity index (χ3n) is 1.27. The number of carbonyl (C=O) groups is 1. The van der Waals surface area contributed by atoms with Gasteiger partial charge >= 0.3 is 0 Å². The van der Waals surface area contributed by atoms with Crippen molar-refractivity contribution in [3.05, 3.63) is 35.4 Å². The van der Waals surface area contributed by atoms with Crippen LogP contribution in [0.15, 0.2) is 24.3 Å². The Balaban J connectivity index is 3.00. The summed E-state index contributed by atoms with van der Waals surface area (Å²) in [7, 11) is 0. The van der Waals surface area contributed by atoms with Crippen LogP contribution >= 0.6 is 23.8 Å². The second-order valence-electron chi connectivity index (χ2n) is 2.01. The second-order valence-corrected chi connectivity index (χ2v) is 2.59. The van der Waals surface area contributed by atoms with Crippen LogP contribution < -0.4 is 0 Å². The summed E-state index contributed by atoms with van der Waals surface area (Å²) in [6.45, 7) is 0. The lowest BCUT2D eigenvalue weighted by Crippen LogP contribution is -1.88. The Hall–Kier alpha value is -0.730. The molecule has 0 atom stereocenters. The van der Waals surface area contributed by atoms with E-state index in [-0.39, 0.29) is 0 Å². The Labute approximate surface area is 75.0 Å². The van der Waals surface area contributed by atoms with Crippen LogP contribution in [0, 0.1) is 0 Å². The van der Waals surface area contributed by atoms with Crippen LogP contribution in [0.4, 0.5) is 0 Å². The molecule has 1 aromatic rings. The highest BCUT2D eigenvalue weighted by molar-refractivity contribution is 7.79. The minimum atomic E-state index is -0.444. The average Bonchev–Trinajstić information content (AvgIpc) is 2.05. The number of carbonyl (C=O) groups excluding carboxylic acids is 1. The van der Waals surface area contributed by atoms with Crippen LogP contribution in [0.5, 0.6) is 0 Å². The number of benzene rings is 1. The summed E-state index contributed by atoms with van der Waals surface area (Å²) >= 11 is 9.91. The first-order valence-electron chi connectivity index (χ1n) is 2.99. The van der Waals surface area contributed by atoms with E-state index in [1.54, 1.807) is 29.6 Å². The fourth-order valence-corrected chi connectivity index (χ4v) is 0.976. The van der Waals surface area contributed by atoms with E-state index in [9.17, 15) is 4.79 Å². The van der Waals surface area contributed by atoms with E-state index in [4.69, 9.17) is 11.6 Å². The molecule has 0 aliphatic rings. The second kappa shape index (κ2) is 3.60. The molecule has 1 rings (SSSR count). The zero-order valence-corrected chi connectivity index (χ0v) is 7.15. The van der Waals surface area contributed by atoms with Crippen molar-refractivity contribution in [2.75, 3.05) is 0 Å². The molecular formula is C8H5ClOS. The van der Waals surface area contributed by atoms with Gasteiger partial charge in [0.1, 0.15) is 0 Å². The van der Waals surface area contributed by atoms with E-state index < -0.39 is 5.24 Å². The molecule has 1 aromatic carbocycles. The molecule has 0 saturated heterocycles. The van der Waals surface area contributed by atoms with Crippen LogP contribution in [-0.2, 0) is 0 Å². The van der Waals surface area contributed by atoms with E-state index >= 15 is 0 Å². The van der Waals surface area contributed by atoms with Gasteiger partial charge in [0.2, 0.25) is 0 Å². The molecule has 56 valence electrons. The lowest BCUT2D eigenvalue weighted by Gasteiger charge is -1.92. The molecular weight excluding hydrogens is 180 g/mol. The highest BCUT2D eigenvalue weighted by Gasteiger charge is 1.98. The van der Waals surface area contributed by atoms with Crippen molar-refractivity contribution in [1.29, 1.82) is 0 Å². The average molecular weight is 185 g/mol. The minimum Gasteiger partial charge on any atom is -0.276 e. The third kappa shape index (κ3) is 2.10. The summed E-state index contributed by atoms with van der Waals surface area (Å²) in [5.41, 5.74) is 1.40. The van der Waals surface area contributed by atoms with Crippen LogP contribution in [0.2, 0.25) is 0 Å². The molecule has 0 unspecified atom stereocenters. The van der Waals surface area contributed by atoms with Gasteiger partial charge in [-0.2, -0.15) is 0 Å². The van der Waals surface area contributed by atoms with E-state index in [0.717, 1.165) is 5.56 Å². The molecule has 3 heteroatoms. The van der Waals surface area contributed by atoms with Gasteiger partial charge in [-0.3, -0.25) is 4.79 Å². The van der Waals surface area contributed by atoms with Crippen molar-refractivity contribution >= 4 is 34.4 Å². The molecule has 0 amide bonds. The maximum absolute atomic E-state index is 10.6. The zero-order chi connectivity index (χ0) is 8.27. The van der Waals surface area contributed by atoms with Gasteiger partial charge in [0, 0.05) is 10.9 Å². The van der Waals surface area contributed by atoms with E-state index in [1.165, 1.54) is 0 Å². The third-order valence-corrected chi connectivity index (χ3v) is 1.76. The molecule has 0 aliphatic heterocycles. The first-order chi connectivity index (χ1) is 5.24. The quantitative estimate of drug-likeness (QED) is 0.519. The summed E-state index contributed by atoms with van der Waals surface area (Å²) in [5, 5.41) is 1.10. The van der Waals surface area contributed by atoms with Crippen LogP contribution in [0.1, 0.15) is 15.9 Å². The van der Waals surface area contributed by atoms with Crippen molar-refractivity contribution in [3.8, 4) is 0 Å². The molecule has 0 radical (unpaired) electrons. The summed E-state index contributed by atoms with van der Waals surface area (Å²) in [6.07, 6.45) is 0. The van der Waals surface area contributed by atoms with Crippen molar-refractivity contribution in [1.82, 2.24) is 0 Å². The van der Waals surface area contributed by atoms with Gasteiger partial charge in [-0.15, -0.1) is 0 Å². The fourth-order valence-electron chi connectivity index (χ4n) is 0.693. The van der Waals surface area contributed by atoms with Crippen molar-refractivity contribution < 1.29 is 4.79 Å². The summed E-state index contributed by atoms with van der Waals surface area (Å²) in [5.74, 6) is 0. The molecule has 0 aromatic heterocycles. The molecule has 0 N–H and O–H groups in total. The highest BCUT2D eigenvalue weighted by Crippen LogP contribution is 2.05. The number of hydrogen-bond donors (Lipinski definition) is 0. The number of halogens is 1. The number of rotatable bonds is 2. The van der Waals surface area contributed by atoms with E-state index in [0.29, 0.717) is 5.56 Å². The molecule has 0 saturated carbocycles. The van der Waals surface area contributed by atoms with Gasteiger partial charge in [0.15, 0.2) is 0 Å². The monoisotopic (exact) mass is 184 g/mol. The van der Waals surface area contributed by atoms with Gasteiger partial charge in [0.25, 0.3) is 5.24 Å². The van der Waals surface area contributed by atoms with Gasteiger partial charge in [-0.25, -0.2) is 0 Å². The lowest BCUT2D eigenvalue weighted by molar-refractivity contribution is 0.108. The van der Waals surface area contributed by atoms with Gasteiger partial charge < -0.3 is 0 Å².